The summed E-state index contributed by atoms with van der Waals surface area (Å²) in [6.45, 7) is 0. The molecule has 0 aliphatic heterocycles. The van der Waals surface area contributed by atoms with E-state index in [4.69, 9.17) is 8.83 Å². The maximum atomic E-state index is 7.39. The Morgan fingerprint density at radius 2 is 0.560 bits per heavy atom. The molecule has 6 heteroatoms. The van der Waals surface area contributed by atoms with Crippen LogP contribution in [0, 0.1) is 0 Å². The molecule has 18 aromatic carbocycles. The van der Waals surface area contributed by atoms with E-state index in [2.05, 4.69) is 422 Å². The third kappa shape index (κ3) is 10.0. The SMILES string of the molecule is c1ccc(C2(c3ccccc3)c3ccccc3-c3cc4c(cc32)oc2ccc(N(c3ccc(-c5cccc(-c6ccc(-c7ccc(N(c8ccc9sc%10ccccc%10c9c8)c8cccc9c8oc8cc%10c(cc89)-c8ccccc8C%10(c8ccccc8)c8ccccc8)cc7)cc6)c5)cc3)c3ccc5sc6ccccc6c5c3)cc24)cc1. The molecule has 0 bridgehead atoms. The summed E-state index contributed by atoms with van der Waals surface area (Å²) in [5.41, 5.74) is 30.2. The zero-order valence-corrected chi connectivity index (χ0v) is 64.4. The number of para-hydroxylation sites is 1. The number of furan rings is 2. The zero-order valence-electron chi connectivity index (χ0n) is 62.8. The molecule has 0 saturated carbocycles. The minimum absolute atomic E-state index is 0.536. The first-order chi connectivity index (χ1) is 57.5. The second-order valence-corrected chi connectivity index (χ2v) is 33.0. The highest BCUT2D eigenvalue weighted by Crippen LogP contribution is 2.60. The first-order valence-electron chi connectivity index (χ1n) is 39.7. The van der Waals surface area contributed by atoms with Gasteiger partial charge in [-0.1, -0.05) is 285 Å². The topological polar surface area (TPSA) is 32.8 Å². The van der Waals surface area contributed by atoms with Gasteiger partial charge in [-0.05, 0) is 228 Å². The van der Waals surface area contributed by atoms with Gasteiger partial charge in [-0.15, -0.1) is 22.7 Å². The van der Waals surface area contributed by atoms with E-state index in [0.717, 1.165) is 111 Å². The van der Waals surface area contributed by atoms with E-state index < -0.39 is 10.8 Å². The summed E-state index contributed by atoms with van der Waals surface area (Å²) in [4.78, 5) is 4.80. The largest absolute Gasteiger partial charge is 0.456 e. The van der Waals surface area contributed by atoms with Crippen molar-refractivity contribution in [2.75, 3.05) is 9.80 Å². The fraction of sp³-hybridized carbons (Fsp3) is 0.0182. The van der Waals surface area contributed by atoms with Crippen molar-refractivity contribution in [1.29, 1.82) is 0 Å². The van der Waals surface area contributed by atoms with Crippen LogP contribution in [-0.4, -0.2) is 0 Å². The van der Waals surface area contributed by atoms with Gasteiger partial charge in [0.1, 0.15) is 16.7 Å². The lowest BCUT2D eigenvalue weighted by atomic mass is 9.67. The lowest BCUT2D eigenvalue weighted by Gasteiger charge is -2.33. The van der Waals surface area contributed by atoms with Crippen LogP contribution in [0.2, 0.25) is 0 Å². The van der Waals surface area contributed by atoms with Crippen LogP contribution in [0.25, 0.3) is 140 Å². The smallest absolute Gasteiger partial charge is 0.159 e. The van der Waals surface area contributed by atoms with Crippen LogP contribution >= 0.6 is 22.7 Å². The lowest BCUT2D eigenvalue weighted by Crippen LogP contribution is -2.28. The van der Waals surface area contributed by atoms with E-state index in [1.807, 2.05) is 22.7 Å². The van der Waals surface area contributed by atoms with Gasteiger partial charge in [0.2, 0.25) is 0 Å². The lowest BCUT2D eigenvalue weighted by molar-refractivity contribution is 0.666. The van der Waals surface area contributed by atoms with Crippen molar-refractivity contribution < 1.29 is 8.83 Å². The van der Waals surface area contributed by atoms with Gasteiger partial charge in [0.05, 0.1) is 16.5 Å². The highest BCUT2D eigenvalue weighted by atomic mass is 32.1. The van der Waals surface area contributed by atoms with Gasteiger partial charge in [-0.25, -0.2) is 0 Å². The monoisotopic (exact) mass is 1510 g/mol. The number of anilines is 6. The van der Waals surface area contributed by atoms with Crippen molar-refractivity contribution in [3.63, 3.8) is 0 Å². The van der Waals surface area contributed by atoms with E-state index in [1.165, 1.54) is 107 Å². The molecule has 2 aliphatic rings. The van der Waals surface area contributed by atoms with Gasteiger partial charge < -0.3 is 18.6 Å². The highest BCUT2D eigenvalue weighted by Gasteiger charge is 2.48. The molecule has 0 atom stereocenters. The second kappa shape index (κ2) is 26.1. The summed E-state index contributed by atoms with van der Waals surface area (Å²) in [5.74, 6) is 0. The van der Waals surface area contributed by atoms with Crippen LogP contribution in [-0.2, 0) is 10.8 Å². The average Bonchev–Trinajstić information content (AvgIpc) is 1.53. The Morgan fingerprint density at radius 1 is 0.198 bits per heavy atom. The maximum absolute atomic E-state index is 7.39. The Kier molecular flexibility index (Phi) is 14.9. The minimum atomic E-state index is -0.556. The van der Waals surface area contributed by atoms with Crippen molar-refractivity contribution in [2.45, 2.75) is 10.8 Å². The molecular weight excluding hydrogens is 1450 g/mol. The molecule has 0 unspecified atom stereocenters. The number of nitrogens with zero attached hydrogens (tertiary/aromatic N) is 2. The van der Waals surface area contributed by atoms with E-state index in [9.17, 15) is 0 Å². The predicted molar refractivity (Wildman–Crippen MR) is 487 cm³/mol. The van der Waals surface area contributed by atoms with Crippen molar-refractivity contribution in [2.24, 2.45) is 0 Å². The Labute approximate surface area is 678 Å². The minimum Gasteiger partial charge on any atom is -0.456 e. The molecule has 24 rings (SSSR count). The Balaban J connectivity index is 0.564. The van der Waals surface area contributed by atoms with Crippen LogP contribution in [0.3, 0.4) is 0 Å². The molecule has 4 nitrogen and oxygen atoms in total. The molecule has 0 amide bonds. The average molecular weight is 1510 g/mol. The van der Waals surface area contributed by atoms with Crippen LogP contribution in [0.5, 0.6) is 0 Å². The van der Waals surface area contributed by atoms with Crippen LogP contribution in [0.4, 0.5) is 34.1 Å². The van der Waals surface area contributed by atoms with E-state index in [-0.39, 0.29) is 0 Å². The molecule has 0 spiro atoms. The molecule has 0 saturated heterocycles. The summed E-state index contributed by atoms with van der Waals surface area (Å²) in [6.07, 6.45) is 0. The molecule has 116 heavy (non-hydrogen) atoms. The second-order valence-electron chi connectivity index (χ2n) is 30.9. The molecular formula is C110H68N2O2S2. The Morgan fingerprint density at radius 3 is 1.07 bits per heavy atom. The summed E-state index contributed by atoms with van der Waals surface area (Å²) in [6, 6.07) is 152. The molecule has 542 valence electrons. The quantitative estimate of drug-likeness (QED) is 0.115. The Hall–Kier alpha value is -14.4. The number of hydrogen-bond acceptors (Lipinski definition) is 6. The van der Waals surface area contributed by atoms with Crippen LogP contribution in [0.1, 0.15) is 44.5 Å². The maximum Gasteiger partial charge on any atom is 0.159 e. The third-order valence-electron chi connectivity index (χ3n) is 24.8. The van der Waals surface area contributed by atoms with Gasteiger partial charge >= 0.3 is 0 Å². The predicted octanol–water partition coefficient (Wildman–Crippen LogP) is 30.9. The van der Waals surface area contributed by atoms with Crippen molar-refractivity contribution in [1.82, 2.24) is 0 Å². The normalized spacial score (nSPS) is 13.1. The first-order valence-corrected chi connectivity index (χ1v) is 41.4. The fourth-order valence-electron chi connectivity index (χ4n) is 19.7. The van der Waals surface area contributed by atoms with Gasteiger partial charge in [0.15, 0.2) is 5.58 Å². The number of benzene rings is 18. The van der Waals surface area contributed by atoms with Gasteiger partial charge in [0, 0.05) is 90.3 Å². The zero-order chi connectivity index (χ0) is 76.2. The number of rotatable bonds is 13. The number of fused-ring (bicyclic) bond motifs is 18. The van der Waals surface area contributed by atoms with Crippen LogP contribution in [0.15, 0.2) is 421 Å². The van der Waals surface area contributed by atoms with Crippen molar-refractivity contribution in [3.05, 3.63) is 457 Å². The molecule has 22 aromatic rings. The van der Waals surface area contributed by atoms with E-state index in [1.54, 1.807) is 0 Å². The summed E-state index contributed by atoms with van der Waals surface area (Å²) in [5, 5.41) is 9.32. The van der Waals surface area contributed by atoms with Gasteiger partial charge in [-0.3, -0.25) is 0 Å². The third-order valence-corrected chi connectivity index (χ3v) is 27.1. The van der Waals surface area contributed by atoms with Crippen molar-refractivity contribution in [3.8, 4) is 55.6 Å². The molecule has 4 aromatic heterocycles. The highest BCUT2D eigenvalue weighted by molar-refractivity contribution is 7.26. The molecule has 4 heterocycles. The molecule has 0 N–H and O–H groups in total. The Bertz CT molecular complexity index is 7610. The van der Waals surface area contributed by atoms with Crippen LogP contribution < -0.4 is 9.80 Å². The van der Waals surface area contributed by atoms with E-state index >= 15 is 0 Å². The molecule has 0 radical (unpaired) electrons. The van der Waals surface area contributed by atoms with Gasteiger partial charge in [-0.2, -0.15) is 0 Å². The van der Waals surface area contributed by atoms with E-state index in [0.29, 0.717) is 0 Å². The molecule has 2 aliphatic carbocycles. The summed E-state index contributed by atoms with van der Waals surface area (Å²) in [7, 11) is 0. The number of thiophene rings is 2. The van der Waals surface area contributed by atoms with Gasteiger partial charge in [0.25, 0.3) is 0 Å². The first kappa shape index (κ1) is 66.2. The standard InChI is InChI=1S/C110H68N2O2S2/c1-5-25-75(26-6-1)109(76-27-7-2-8-28-76)97-39-18-14-34-85(97)90-66-93-91-62-81(55-58-101(91)113-102(93)67-98(90)109)111(82-56-59-106-94(63-82)86-35-15-19-41-104(86)115-106)79-51-49-72(50-52-79)74-24-21-23-73(61-74)71-45-43-69(44-46-71)70-47-53-80(54-48-70)112(83-57-60-107-95(64-83)87-36-16-20-42-105(87)116-107)100-40-22-37-88-92-65-89-84-33-13-17-38-96(84)110(77-29-9-3-10-30-77,78-31-11-4-12-32-78)99(89)68-103(92)114-108(88)100/h1-68H. The van der Waals surface area contributed by atoms with Crippen molar-refractivity contribution >= 4 is 141 Å². The molecule has 0 fully saturated rings. The summed E-state index contributed by atoms with van der Waals surface area (Å²) >= 11 is 3.68. The number of hydrogen-bond donors (Lipinski definition) is 0. The fourth-order valence-corrected chi connectivity index (χ4v) is 21.8. The summed E-state index contributed by atoms with van der Waals surface area (Å²) < 4.78 is 19.5.